The molecule has 0 saturated heterocycles. The van der Waals surface area contributed by atoms with Crippen molar-refractivity contribution < 1.29 is 4.92 Å². The Kier molecular flexibility index (Phi) is 3.39. The molecule has 5 heteroatoms. The third-order valence-corrected chi connectivity index (χ3v) is 2.74. The van der Waals surface area contributed by atoms with Gasteiger partial charge in [-0.1, -0.05) is 22.0 Å². The highest BCUT2D eigenvalue weighted by Gasteiger charge is 1.98. The molecule has 1 aromatic carbocycles. The predicted octanol–water partition coefficient (Wildman–Crippen LogP) is 3.66. The lowest BCUT2D eigenvalue weighted by atomic mass is 10.2. The summed E-state index contributed by atoms with van der Waals surface area (Å²) in [5.41, 5.74) is 1.05. The van der Waals surface area contributed by atoms with Crippen LogP contribution in [0, 0.1) is 10.1 Å². The lowest BCUT2D eigenvalue weighted by molar-refractivity contribution is -0.402. The van der Waals surface area contributed by atoms with Gasteiger partial charge in [0, 0.05) is 22.9 Å². The van der Waals surface area contributed by atoms with Crippen molar-refractivity contribution in [1.82, 2.24) is 4.57 Å². The minimum absolute atomic E-state index is 0.491. The molecule has 0 saturated carbocycles. The first-order valence-corrected chi connectivity index (χ1v) is 5.71. The second kappa shape index (κ2) is 4.97. The summed E-state index contributed by atoms with van der Waals surface area (Å²) in [6.45, 7) is 0. The van der Waals surface area contributed by atoms with Crippen molar-refractivity contribution >= 4 is 33.0 Å². The highest BCUT2D eigenvalue weighted by atomic mass is 79.9. The van der Waals surface area contributed by atoms with Gasteiger partial charge in [0.15, 0.2) is 0 Å². The molecule has 2 aromatic rings. The highest BCUT2D eigenvalue weighted by Crippen LogP contribution is 2.20. The number of hydrogen-bond donors (Lipinski definition) is 0. The largest absolute Gasteiger partial charge is 0.323 e. The second-order valence-corrected chi connectivity index (χ2v) is 4.31. The Morgan fingerprint density at radius 1 is 1.29 bits per heavy atom. The van der Waals surface area contributed by atoms with E-state index < -0.39 is 4.92 Å². The molecule has 17 heavy (non-hydrogen) atoms. The van der Waals surface area contributed by atoms with Crippen LogP contribution >= 0.6 is 15.9 Å². The van der Waals surface area contributed by atoms with E-state index in [9.17, 15) is 10.1 Å². The molecule has 0 aliphatic carbocycles. The summed E-state index contributed by atoms with van der Waals surface area (Å²) >= 11 is 3.41. The molecule has 1 aromatic heterocycles. The molecule has 0 aliphatic heterocycles. The molecule has 0 bridgehead atoms. The van der Waals surface area contributed by atoms with Crippen LogP contribution in [0.1, 0.15) is 0 Å². The van der Waals surface area contributed by atoms with Gasteiger partial charge in [0.25, 0.3) is 0 Å². The molecule has 2 rings (SSSR count). The van der Waals surface area contributed by atoms with E-state index in [2.05, 4.69) is 15.9 Å². The summed E-state index contributed by atoms with van der Waals surface area (Å²) in [5.74, 6) is 0. The SMILES string of the molecule is O=[N+]([O-])/C=C/C=C/n1ccc2ccc(Br)cc21. The third kappa shape index (κ3) is 2.82. The average molecular weight is 293 g/mol. The van der Waals surface area contributed by atoms with Crippen molar-refractivity contribution in [3.8, 4) is 0 Å². The molecule has 0 radical (unpaired) electrons. The summed E-state index contributed by atoms with van der Waals surface area (Å²) in [5, 5.41) is 11.2. The first-order valence-electron chi connectivity index (χ1n) is 4.91. The van der Waals surface area contributed by atoms with Crippen molar-refractivity contribution in [1.29, 1.82) is 0 Å². The number of allylic oxidation sites excluding steroid dienone is 2. The standard InChI is InChI=1S/C12H9BrN2O2/c13-11-4-3-10-5-8-14(12(10)9-11)6-1-2-7-15(16)17/h1-9H/b6-1+,7-2+. The van der Waals surface area contributed by atoms with E-state index in [1.807, 2.05) is 35.0 Å². The summed E-state index contributed by atoms with van der Waals surface area (Å²) < 4.78 is 2.91. The van der Waals surface area contributed by atoms with E-state index in [1.165, 1.54) is 6.08 Å². The Balaban J connectivity index is 2.30. The zero-order valence-corrected chi connectivity index (χ0v) is 10.4. The van der Waals surface area contributed by atoms with Crippen LogP contribution in [-0.4, -0.2) is 9.49 Å². The molecule has 0 spiro atoms. The Morgan fingerprint density at radius 2 is 2.12 bits per heavy atom. The highest BCUT2D eigenvalue weighted by molar-refractivity contribution is 9.10. The number of fused-ring (bicyclic) bond motifs is 1. The van der Waals surface area contributed by atoms with Crippen LogP contribution in [0.4, 0.5) is 0 Å². The lowest BCUT2D eigenvalue weighted by Gasteiger charge is -1.97. The summed E-state index contributed by atoms with van der Waals surface area (Å²) in [6, 6.07) is 7.97. The Morgan fingerprint density at radius 3 is 2.88 bits per heavy atom. The van der Waals surface area contributed by atoms with E-state index in [1.54, 1.807) is 12.3 Å². The van der Waals surface area contributed by atoms with Gasteiger partial charge in [-0.15, -0.1) is 0 Å². The maximum Gasteiger partial charge on any atom is 0.234 e. The molecule has 1 heterocycles. The van der Waals surface area contributed by atoms with Gasteiger partial charge >= 0.3 is 0 Å². The molecule has 0 unspecified atom stereocenters. The molecule has 4 nitrogen and oxygen atoms in total. The topological polar surface area (TPSA) is 48.1 Å². The number of hydrogen-bond acceptors (Lipinski definition) is 2. The molecular weight excluding hydrogens is 284 g/mol. The van der Waals surface area contributed by atoms with Crippen LogP contribution in [-0.2, 0) is 0 Å². The third-order valence-electron chi connectivity index (χ3n) is 2.25. The second-order valence-electron chi connectivity index (χ2n) is 3.39. The molecule has 0 N–H and O–H groups in total. The number of nitro groups is 1. The van der Waals surface area contributed by atoms with Crippen molar-refractivity contribution in [2.75, 3.05) is 0 Å². The molecule has 0 amide bonds. The van der Waals surface area contributed by atoms with E-state index in [4.69, 9.17) is 0 Å². The van der Waals surface area contributed by atoms with E-state index in [-0.39, 0.29) is 0 Å². The average Bonchev–Trinajstić information content (AvgIpc) is 2.67. The van der Waals surface area contributed by atoms with E-state index >= 15 is 0 Å². The van der Waals surface area contributed by atoms with Crippen LogP contribution < -0.4 is 0 Å². The lowest BCUT2D eigenvalue weighted by Crippen LogP contribution is -1.83. The number of rotatable bonds is 3. The zero-order valence-electron chi connectivity index (χ0n) is 8.79. The number of halogens is 1. The van der Waals surface area contributed by atoms with Crippen LogP contribution in [0.3, 0.4) is 0 Å². The van der Waals surface area contributed by atoms with Gasteiger partial charge in [0.2, 0.25) is 6.20 Å². The Labute approximate surface area is 106 Å². The minimum atomic E-state index is -0.491. The van der Waals surface area contributed by atoms with Crippen molar-refractivity contribution in [3.05, 3.63) is 63.4 Å². The maximum atomic E-state index is 10.1. The maximum absolute atomic E-state index is 10.1. The summed E-state index contributed by atoms with van der Waals surface area (Å²) in [4.78, 5) is 9.60. The Bertz CT molecular complexity index is 614. The zero-order chi connectivity index (χ0) is 12.3. The van der Waals surface area contributed by atoms with E-state index in [0.717, 1.165) is 21.6 Å². The van der Waals surface area contributed by atoms with Gasteiger partial charge in [0.05, 0.1) is 10.4 Å². The number of aromatic nitrogens is 1. The normalized spacial score (nSPS) is 11.8. The number of benzene rings is 1. The predicted molar refractivity (Wildman–Crippen MR) is 71.1 cm³/mol. The van der Waals surface area contributed by atoms with Crippen molar-refractivity contribution in [3.63, 3.8) is 0 Å². The van der Waals surface area contributed by atoms with Gasteiger partial charge in [-0.05, 0) is 29.7 Å². The molecule has 86 valence electrons. The molecule has 0 atom stereocenters. The van der Waals surface area contributed by atoms with E-state index in [0.29, 0.717) is 0 Å². The quantitative estimate of drug-likeness (QED) is 0.492. The molecule has 0 aliphatic rings. The van der Waals surface area contributed by atoms with Crippen LogP contribution in [0.15, 0.2) is 53.3 Å². The fourth-order valence-corrected chi connectivity index (χ4v) is 1.86. The minimum Gasteiger partial charge on any atom is -0.323 e. The summed E-state index contributed by atoms with van der Waals surface area (Å²) in [7, 11) is 0. The first-order chi connectivity index (χ1) is 8.16. The van der Waals surface area contributed by atoms with Crippen molar-refractivity contribution in [2.24, 2.45) is 0 Å². The summed E-state index contributed by atoms with van der Waals surface area (Å²) in [6.07, 6.45) is 7.60. The van der Waals surface area contributed by atoms with Crippen LogP contribution in [0.2, 0.25) is 0 Å². The fourth-order valence-electron chi connectivity index (χ4n) is 1.51. The smallest absolute Gasteiger partial charge is 0.234 e. The van der Waals surface area contributed by atoms with Crippen LogP contribution in [0.5, 0.6) is 0 Å². The molecular formula is C12H9BrN2O2. The van der Waals surface area contributed by atoms with Gasteiger partial charge in [-0.3, -0.25) is 10.1 Å². The van der Waals surface area contributed by atoms with Crippen LogP contribution in [0.25, 0.3) is 17.1 Å². The van der Waals surface area contributed by atoms with Gasteiger partial charge in [0.1, 0.15) is 0 Å². The Hall–Kier alpha value is -1.88. The van der Waals surface area contributed by atoms with Gasteiger partial charge < -0.3 is 4.57 Å². The molecule has 0 fully saturated rings. The van der Waals surface area contributed by atoms with Gasteiger partial charge in [-0.25, -0.2) is 0 Å². The number of nitrogens with zero attached hydrogens (tertiary/aromatic N) is 2. The van der Waals surface area contributed by atoms with Crippen molar-refractivity contribution in [2.45, 2.75) is 0 Å². The first kappa shape index (κ1) is 11.6. The van der Waals surface area contributed by atoms with Gasteiger partial charge in [-0.2, -0.15) is 0 Å². The monoisotopic (exact) mass is 292 g/mol. The fraction of sp³-hybridized carbons (Fsp3) is 0.